The lowest BCUT2D eigenvalue weighted by atomic mass is 10.2. The Morgan fingerprint density at radius 2 is 2.33 bits per heavy atom. The lowest BCUT2D eigenvalue weighted by Crippen LogP contribution is -2.18. The third-order valence-corrected chi connectivity index (χ3v) is 3.61. The second-order valence-electron chi connectivity index (χ2n) is 4.72. The Balaban J connectivity index is 2.00. The molecule has 4 nitrogen and oxygen atoms in total. The molecule has 1 saturated heterocycles. The molecule has 1 aliphatic heterocycles. The third-order valence-electron chi connectivity index (χ3n) is 3.61. The molecule has 0 spiro atoms. The van der Waals surface area contributed by atoms with E-state index in [2.05, 4.69) is 10.3 Å². The topological polar surface area (TPSA) is 39.1 Å². The monoisotopic (exact) mass is 249 g/mol. The van der Waals surface area contributed by atoms with E-state index in [0.717, 1.165) is 24.3 Å². The zero-order chi connectivity index (χ0) is 12.7. The summed E-state index contributed by atoms with van der Waals surface area (Å²) < 4.78 is 20.5. The number of fused-ring (bicyclic) bond motifs is 1. The van der Waals surface area contributed by atoms with E-state index in [1.54, 1.807) is 13.2 Å². The van der Waals surface area contributed by atoms with Gasteiger partial charge in [0.05, 0.1) is 23.2 Å². The molecule has 0 amide bonds. The van der Waals surface area contributed by atoms with Crippen molar-refractivity contribution in [2.45, 2.75) is 18.6 Å². The molecular weight excluding hydrogens is 233 g/mol. The summed E-state index contributed by atoms with van der Waals surface area (Å²) in [6.45, 7) is 0.832. The van der Waals surface area contributed by atoms with Crippen molar-refractivity contribution in [2.75, 3.05) is 13.7 Å². The Kier molecular flexibility index (Phi) is 2.80. The van der Waals surface area contributed by atoms with Crippen LogP contribution in [0.5, 0.6) is 0 Å². The number of benzene rings is 1. The van der Waals surface area contributed by atoms with E-state index < -0.39 is 0 Å². The van der Waals surface area contributed by atoms with E-state index in [4.69, 9.17) is 4.74 Å². The van der Waals surface area contributed by atoms with Gasteiger partial charge in [-0.15, -0.1) is 0 Å². The second-order valence-corrected chi connectivity index (χ2v) is 4.72. The number of methoxy groups -OCH3 is 1. The van der Waals surface area contributed by atoms with Crippen molar-refractivity contribution in [3.8, 4) is 0 Å². The highest BCUT2D eigenvalue weighted by Gasteiger charge is 2.28. The van der Waals surface area contributed by atoms with Gasteiger partial charge in [-0.3, -0.25) is 0 Å². The van der Waals surface area contributed by atoms with Crippen LogP contribution in [0.2, 0.25) is 0 Å². The van der Waals surface area contributed by atoms with E-state index in [0.29, 0.717) is 5.52 Å². The minimum absolute atomic E-state index is 0.176. The van der Waals surface area contributed by atoms with Crippen molar-refractivity contribution in [1.82, 2.24) is 14.9 Å². The van der Waals surface area contributed by atoms with E-state index in [1.807, 2.05) is 11.6 Å². The highest BCUT2D eigenvalue weighted by atomic mass is 19.1. The molecule has 0 bridgehead atoms. The van der Waals surface area contributed by atoms with Crippen LogP contribution in [0.1, 0.15) is 18.3 Å². The molecule has 0 aliphatic carbocycles. The van der Waals surface area contributed by atoms with Crippen molar-refractivity contribution < 1.29 is 9.13 Å². The summed E-state index contributed by atoms with van der Waals surface area (Å²) in [5.74, 6) is 0.691. The number of hydrogen-bond donors (Lipinski definition) is 1. The first-order valence-corrected chi connectivity index (χ1v) is 6.07. The van der Waals surface area contributed by atoms with Crippen molar-refractivity contribution in [3.63, 3.8) is 0 Å². The fourth-order valence-corrected chi connectivity index (χ4v) is 2.58. The molecule has 96 valence electrons. The molecule has 0 radical (unpaired) electrons. The minimum Gasteiger partial charge on any atom is -0.380 e. The van der Waals surface area contributed by atoms with Gasteiger partial charge in [0, 0.05) is 26.8 Å². The van der Waals surface area contributed by atoms with Crippen LogP contribution in [-0.2, 0) is 11.8 Å². The highest BCUT2D eigenvalue weighted by molar-refractivity contribution is 5.76. The first kappa shape index (κ1) is 11.6. The second kappa shape index (κ2) is 4.33. The van der Waals surface area contributed by atoms with Gasteiger partial charge in [0.2, 0.25) is 0 Å². The SMILES string of the molecule is COC1CNC(c2nc3cc(F)ccc3n2C)C1. The highest BCUT2D eigenvalue weighted by Crippen LogP contribution is 2.27. The summed E-state index contributed by atoms with van der Waals surface area (Å²) in [4.78, 5) is 4.53. The van der Waals surface area contributed by atoms with Crippen LogP contribution in [0.4, 0.5) is 4.39 Å². The van der Waals surface area contributed by atoms with Gasteiger partial charge < -0.3 is 14.6 Å². The van der Waals surface area contributed by atoms with Crippen LogP contribution in [0.15, 0.2) is 18.2 Å². The molecule has 2 aromatic rings. The average molecular weight is 249 g/mol. The molecule has 5 heteroatoms. The van der Waals surface area contributed by atoms with Crippen LogP contribution in [0.25, 0.3) is 11.0 Å². The molecule has 1 aromatic heterocycles. The van der Waals surface area contributed by atoms with Crippen molar-refractivity contribution >= 4 is 11.0 Å². The van der Waals surface area contributed by atoms with E-state index in [9.17, 15) is 4.39 Å². The molecular formula is C13H16FN3O. The van der Waals surface area contributed by atoms with Crippen molar-refractivity contribution in [1.29, 1.82) is 0 Å². The predicted octanol–water partition coefficient (Wildman–Crippen LogP) is 1.76. The molecule has 2 heterocycles. The summed E-state index contributed by atoms with van der Waals surface area (Å²) >= 11 is 0. The number of rotatable bonds is 2. The summed E-state index contributed by atoms with van der Waals surface area (Å²) in [6.07, 6.45) is 1.13. The molecule has 0 saturated carbocycles. The number of nitrogens with zero attached hydrogens (tertiary/aromatic N) is 2. The molecule has 18 heavy (non-hydrogen) atoms. The quantitative estimate of drug-likeness (QED) is 0.881. The van der Waals surface area contributed by atoms with Crippen LogP contribution in [-0.4, -0.2) is 29.3 Å². The van der Waals surface area contributed by atoms with Crippen LogP contribution >= 0.6 is 0 Å². The smallest absolute Gasteiger partial charge is 0.126 e. The number of hydrogen-bond acceptors (Lipinski definition) is 3. The number of halogens is 1. The molecule has 2 unspecified atom stereocenters. The minimum atomic E-state index is -0.249. The molecule has 1 N–H and O–H groups in total. The Morgan fingerprint density at radius 1 is 1.50 bits per heavy atom. The fourth-order valence-electron chi connectivity index (χ4n) is 2.58. The molecule has 1 aromatic carbocycles. The van der Waals surface area contributed by atoms with Gasteiger partial charge in [-0.05, 0) is 18.6 Å². The zero-order valence-electron chi connectivity index (χ0n) is 10.5. The molecule has 1 aliphatic rings. The van der Waals surface area contributed by atoms with Crippen LogP contribution in [0, 0.1) is 5.82 Å². The molecule has 3 rings (SSSR count). The van der Waals surface area contributed by atoms with Crippen molar-refractivity contribution in [2.24, 2.45) is 7.05 Å². The number of imidazole rings is 1. The van der Waals surface area contributed by atoms with Gasteiger partial charge in [0.15, 0.2) is 0 Å². The Morgan fingerprint density at radius 3 is 3.06 bits per heavy atom. The van der Waals surface area contributed by atoms with Gasteiger partial charge in [0.25, 0.3) is 0 Å². The number of aromatic nitrogens is 2. The number of nitrogens with one attached hydrogen (secondary N) is 1. The first-order valence-electron chi connectivity index (χ1n) is 6.07. The summed E-state index contributed by atoms with van der Waals surface area (Å²) in [5.41, 5.74) is 1.66. The lowest BCUT2D eigenvalue weighted by Gasteiger charge is -2.10. The summed E-state index contributed by atoms with van der Waals surface area (Å²) in [7, 11) is 3.68. The maximum Gasteiger partial charge on any atom is 0.126 e. The molecule has 2 atom stereocenters. The number of ether oxygens (including phenoxy) is 1. The largest absolute Gasteiger partial charge is 0.380 e. The Bertz CT molecular complexity index is 581. The van der Waals surface area contributed by atoms with Gasteiger partial charge in [-0.25, -0.2) is 9.37 Å². The van der Waals surface area contributed by atoms with E-state index >= 15 is 0 Å². The van der Waals surface area contributed by atoms with Crippen LogP contribution < -0.4 is 5.32 Å². The van der Waals surface area contributed by atoms with E-state index in [-0.39, 0.29) is 18.0 Å². The van der Waals surface area contributed by atoms with Gasteiger partial charge in [0.1, 0.15) is 11.6 Å². The predicted molar refractivity (Wildman–Crippen MR) is 66.8 cm³/mol. The fraction of sp³-hybridized carbons (Fsp3) is 0.462. The number of aryl methyl sites for hydroxylation is 1. The third kappa shape index (κ3) is 1.79. The standard InChI is InChI=1S/C13H16FN3O/c1-17-12-4-3-8(14)5-10(12)16-13(17)11-6-9(18-2)7-15-11/h3-5,9,11,15H,6-7H2,1-2H3. The van der Waals surface area contributed by atoms with Crippen LogP contribution in [0.3, 0.4) is 0 Å². The van der Waals surface area contributed by atoms with Crippen molar-refractivity contribution in [3.05, 3.63) is 29.8 Å². The Hall–Kier alpha value is -1.46. The normalized spacial score (nSPS) is 23.9. The van der Waals surface area contributed by atoms with Gasteiger partial charge in [-0.2, -0.15) is 0 Å². The van der Waals surface area contributed by atoms with E-state index in [1.165, 1.54) is 12.1 Å². The Labute approximate surface area is 105 Å². The first-order chi connectivity index (χ1) is 8.69. The molecule has 1 fully saturated rings. The van der Waals surface area contributed by atoms with Gasteiger partial charge >= 0.3 is 0 Å². The lowest BCUT2D eigenvalue weighted by molar-refractivity contribution is 0.117. The maximum atomic E-state index is 13.2. The summed E-state index contributed by atoms with van der Waals surface area (Å²) in [6, 6.07) is 4.88. The summed E-state index contributed by atoms with van der Waals surface area (Å²) in [5, 5.41) is 3.39. The van der Waals surface area contributed by atoms with Gasteiger partial charge in [-0.1, -0.05) is 0 Å². The zero-order valence-corrected chi connectivity index (χ0v) is 10.5. The average Bonchev–Trinajstić information content (AvgIpc) is 2.94. The maximum absolute atomic E-state index is 13.2.